The third-order valence-electron chi connectivity index (χ3n) is 4.94. The Kier molecular flexibility index (Phi) is 6.68. The summed E-state index contributed by atoms with van der Waals surface area (Å²) in [7, 11) is 0. The van der Waals surface area contributed by atoms with Crippen molar-refractivity contribution in [2.24, 2.45) is 0 Å². The molecule has 0 N–H and O–H groups in total. The van der Waals surface area contributed by atoms with E-state index in [4.69, 9.17) is 0 Å². The van der Waals surface area contributed by atoms with E-state index >= 15 is 0 Å². The third kappa shape index (κ3) is 4.00. The fourth-order valence-electron chi connectivity index (χ4n) is 3.12. The SMILES string of the molecule is Fc1c(F)c(F)c(-c2nc(-c3c(F)c(F)c(F)c(F)c3F)nc(-c3c(F)c(F)c(F)c(F)c3F)n2)c(F)c1F. The highest BCUT2D eigenvalue weighted by Crippen LogP contribution is 2.36. The van der Waals surface area contributed by atoms with E-state index in [1.165, 1.54) is 0 Å². The Balaban J connectivity index is 2.22. The highest BCUT2D eigenvalue weighted by atomic mass is 19.2. The lowest BCUT2D eigenvalue weighted by Crippen LogP contribution is -2.12. The highest BCUT2D eigenvalue weighted by molar-refractivity contribution is 5.68. The molecule has 0 amide bonds. The minimum absolute atomic E-state index is 1.98. The number of benzene rings is 3. The van der Waals surface area contributed by atoms with Crippen LogP contribution in [0, 0.1) is 87.3 Å². The summed E-state index contributed by atoms with van der Waals surface area (Å²) in [6, 6.07) is 0. The molecule has 0 fully saturated rings. The van der Waals surface area contributed by atoms with Gasteiger partial charge in [0.2, 0.25) is 17.5 Å². The average Bonchev–Trinajstić information content (AvgIpc) is 2.91. The molecule has 0 saturated carbocycles. The molecule has 1 aromatic heterocycles. The van der Waals surface area contributed by atoms with Crippen molar-refractivity contribution in [3.8, 4) is 34.2 Å². The van der Waals surface area contributed by atoms with E-state index in [9.17, 15) is 65.9 Å². The molecular formula is C21F15N3. The van der Waals surface area contributed by atoms with Gasteiger partial charge in [-0.25, -0.2) is 80.8 Å². The van der Waals surface area contributed by atoms with Crippen LogP contribution in [-0.2, 0) is 0 Å². The second-order valence-corrected chi connectivity index (χ2v) is 7.14. The Hall–Kier alpha value is -4.38. The summed E-state index contributed by atoms with van der Waals surface area (Å²) < 4.78 is 209. The minimum atomic E-state index is -2.78. The van der Waals surface area contributed by atoms with Crippen molar-refractivity contribution in [2.75, 3.05) is 0 Å². The molecule has 4 rings (SSSR count). The molecule has 4 aromatic rings. The first-order valence-corrected chi connectivity index (χ1v) is 9.43. The smallest absolute Gasteiger partial charge is 0.200 e. The molecular weight excluding hydrogens is 579 g/mol. The summed E-state index contributed by atoms with van der Waals surface area (Å²) >= 11 is 0. The van der Waals surface area contributed by atoms with Gasteiger partial charge in [-0.15, -0.1) is 0 Å². The molecule has 3 nitrogen and oxygen atoms in total. The van der Waals surface area contributed by atoms with Crippen molar-refractivity contribution in [2.45, 2.75) is 0 Å². The Morgan fingerprint density at radius 1 is 0.205 bits per heavy atom. The largest absolute Gasteiger partial charge is 0.208 e. The molecule has 3 aromatic carbocycles. The number of hydrogen-bond donors (Lipinski definition) is 0. The van der Waals surface area contributed by atoms with Crippen LogP contribution in [0.5, 0.6) is 0 Å². The maximum atomic E-state index is 14.4. The lowest BCUT2D eigenvalue weighted by molar-refractivity contribution is 0.379. The first-order valence-electron chi connectivity index (χ1n) is 9.43. The van der Waals surface area contributed by atoms with Gasteiger partial charge < -0.3 is 0 Å². The van der Waals surface area contributed by atoms with Crippen molar-refractivity contribution >= 4 is 0 Å². The Labute approximate surface area is 203 Å². The molecule has 0 bridgehead atoms. The van der Waals surface area contributed by atoms with Gasteiger partial charge in [0.1, 0.15) is 0 Å². The second-order valence-electron chi connectivity index (χ2n) is 7.14. The summed E-state index contributed by atoms with van der Waals surface area (Å²) in [4.78, 5) is 8.66. The fraction of sp³-hybridized carbons (Fsp3) is 0. The van der Waals surface area contributed by atoms with Crippen LogP contribution in [0.2, 0.25) is 0 Å². The van der Waals surface area contributed by atoms with Crippen LogP contribution in [0.3, 0.4) is 0 Å². The monoisotopic (exact) mass is 579 g/mol. The third-order valence-corrected chi connectivity index (χ3v) is 4.94. The molecule has 0 radical (unpaired) electrons. The van der Waals surface area contributed by atoms with Crippen LogP contribution in [0.4, 0.5) is 65.9 Å². The molecule has 0 aliphatic rings. The zero-order valence-corrected chi connectivity index (χ0v) is 17.5. The maximum absolute atomic E-state index is 14.4. The lowest BCUT2D eigenvalue weighted by Gasteiger charge is -2.13. The van der Waals surface area contributed by atoms with Crippen LogP contribution in [-0.4, -0.2) is 15.0 Å². The van der Waals surface area contributed by atoms with Gasteiger partial charge >= 0.3 is 0 Å². The molecule has 0 aliphatic heterocycles. The number of hydrogen-bond acceptors (Lipinski definition) is 3. The highest BCUT2D eigenvalue weighted by Gasteiger charge is 2.34. The van der Waals surface area contributed by atoms with Crippen molar-refractivity contribution < 1.29 is 65.9 Å². The molecule has 0 atom stereocenters. The van der Waals surface area contributed by atoms with Gasteiger partial charge in [-0.1, -0.05) is 0 Å². The Morgan fingerprint density at radius 2 is 0.333 bits per heavy atom. The van der Waals surface area contributed by atoms with Gasteiger partial charge in [-0.05, 0) is 0 Å². The molecule has 0 unspecified atom stereocenters. The summed E-state index contributed by atoms with van der Waals surface area (Å²) in [5.41, 5.74) is -6.61. The quantitative estimate of drug-likeness (QED) is 0.150. The predicted octanol–water partition coefficient (Wildman–Crippen LogP) is 6.96. The van der Waals surface area contributed by atoms with E-state index in [2.05, 4.69) is 15.0 Å². The normalized spacial score (nSPS) is 11.5. The zero-order valence-electron chi connectivity index (χ0n) is 17.5. The molecule has 18 heteroatoms. The summed E-state index contributed by atoms with van der Waals surface area (Å²) in [5, 5.41) is 0. The maximum Gasteiger partial charge on any atom is 0.200 e. The van der Waals surface area contributed by atoms with E-state index in [0.29, 0.717) is 0 Å². The molecule has 204 valence electrons. The number of aromatic nitrogens is 3. The minimum Gasteiger partial charge on any atom is -0.208 e. The lowest BCUT2D eigenvalue weighted by atomic mass is 10.1. The van der Waals surface area contributed by atoms with Crippen LogP contribution in [0.25, 0.3) is 34.2 Å². The van der Waals surface area contributed by atoms with Crippen molar-refractivity contribution in [3.63, 3.8) is 0 Å². The molecule has 0 aliphatic carbocycles. The van der Waals surface area contributed by atoms with Gasteiger partial charge in [0, 0.05) is 0 Å². The van der Waals surface area contributed by atoms with Crippen LogP contribution < -0.4 is 0 Å². The second kappa shape index (κ2) is 9.42. The first kappa shape index (κ1) is 27.6. The van der Waals surface area contributed by atoms with Gasteiger partial charge in [0.05, 0.1) is 16.7 Å². The van der Waals surface area contributed by atoms with Gasteiger partial charge in [-0.3, -0.25) is 0 Å². The van der Waals surface area contributed by atoms with Crippen molar-refractivity contribution in [3.05, 3.63) is 87.3 Å². The molecule has 0 saturated heterocycles. The number of halogens is 15. The zero-order chi connectivity index (χ0) is 29.2. The molecule has 1 heterocycles. The van der Waals surface area contributed by atoms with E-state index in [1.54, 1.807) is 0 Å². The molecule has 0 spiro atoms. The number of rotatable bonds is 3. The molecule has 39 heavy (non-hydrogen) atoms. The fourth-order valence-corrected chi connectivity index (χ4v) is 3.12. The van der Waals surface area contributed by atoms with Gasteiger partial charge in [0.25, 0.3) is 0 Å². The summed E-state index contributed by atoms with van der Waals surface area (Å²) in [5.74, 6) is -47.1. The van der Waals surface area contributed by atoms with E-state index in [1.807, 2.05) is 0 Å². The standard InChI is InChI=1S/C21F15N3/c22-4-1(5(23)11(29)16(34)10(4)28)19-37-20(2-6(24)12(30)17(35)13(31)7(2)25)39-21(38-19)3-8(26)14(32)18(36)15(33)9(3)27. The van der Waals surface area contributed by atoms with Crippen LogP contribution in [0.15, 0.2) is 0 Å². The van der Waals surface area contributed by atoms with Gasteiger partial charge in [0.15, 0.2) is 87.3 Å². The topological polar surface area (TPSA) is 38.7 Å². The van der Waals surface area contributed by atoms with E-state index < -0.39 is 121 Å². The van der Waals surface area contributed by atoms with Crippen LogP contribution in [0.1, 0.15) is 0 Å². The van der Waals surface area contributed by atoms with E-state index in [0.717, 1.165) is 0 Å². The Bertz CT molecular complexity index is 1420. The Morgan fingerprint density at radius 3 is 0.487 bits per heavy atom. The predicted molar refractivity (Wildman–Crippen MR) is 95.5 cm³/mol. The van der Waals surface area contributed by atoms with Crippen LogP contribution >= 0.6 is 0 Å². The van der Waals surface area contributed by atoms with Crippen molar-refractivity contribution in [1.82, 2.24) is 15.0 Å². The van der Waals surface area contributed by atoms with E-state index in [-0.39, 0.29) is 0 Å². The average molecular weight is 579 g/mol. The first-order chi connectivity index (χ1) is 18.1. The summed E-state index contributed by atoms with van der Waals surface area (Å²) in [6.45, 7) is 0. The van der Waals surface area contributed by atoms with Crippen molar-refractivity contribution in [1.29, 1.82) is 0 Å². The summed E-state index contributed by atoms with van der Waals surface area (Å²) in [6.07, 6.45) is 0. The van der Waals surface area contributed by atoms with Gasteiger partial charge in [-0.2, -0.15) is 0 Å². The number of nitrogens with zero attached hydrogens (tertiary/aromatic N) is 3.